The van der Waals surface area contributed by atoms with Crippen LogP contribution in [0.15, 0.2) is 78.9 Å². The predicted molar refractivity (Wildman–Crippen MR) is 152 cm³/mol. The highest BCUT2D eigenvalue weighted by Crippen LogP contribution is 2.33. The summed E-state index contributed by atoms with van der Waals surface area (Å²) in [6, 6.07) is 24.0. The van der Waals surface area contributed by atoms with Gasteiger partial charge in [0.05, 0.1) is 0 Å². The molecule has 0 aliphatic heterocycles. The van der Waals surface area contributed by atoms with Crippen LogP contribution in [0.2, 0.25) is 0 Å². The third-order valence-corrected chi connectivity index (χ3v) is 6.93. The smallest absolute Gasteiger partial charge is 0.319 e. The van der Waals surface area contributed by atoms with Crippen LogP contribution < -0.4 is 26.4 Å². The highest BCUT2D eigenvalue weighted by atomic mass is 16.5. The van der Waals surface area contributed by atoms with E-state index in [-0.39, 0.29) is 5.91 Å². The molecule has 0 aromatic heterocycles. The van der Waals surface area contributed by atoms with Crippen LogP contribution in [0.4, 0.5) is 16.2 Å². The topological polar surface area (TPSA) is 105 Å². The number of nitrogens with two attached hydrogens (primary N) is 1. The molecule has 3 aromatic carbocycles. The number of anilines is 2. The van der Waals surface area contributed by atoms with E-state index in [9.17, 15) is 9.59 Å². The Kier molecular flexibility index (Phi) is 10.2. The average molecular weight is 515 g/mol. The Morgan fingerprint density at radius 3 is 2.18 bits per heavy atom. The number of rotatable bonds is 11. The van der Waals surface area contributed by atoms with Crippen LogP contribution in [0.1, 0.15) is 62.0 Å². The molecule has 4 rings (SSSR count). The maximum absolute atomic E-state index is 13.0. The molecule has 3 aromatic rings. The quantitative estimate of drug-likeness (QED) is 0.245. The molecule has 5 N–H and O–H groups in total. The van der Waals surface area contributed by atoms with E-state index in [0.29, 0.717) is 43.3 Å². The number of hydrogen-bond acceptors (Lipinski definition) is 4. The van der Waals surface area contributed by atoms with Gasteiger partial charge in [0.1, 0.15) is 18.4 Å². The van der Waals surface area contributed by atoms with Crippen molar-refractivity contribution in [2.75, 3.05) is 17.2 Å². The van der Waals surface area contributed by atoms with Gasteiger partial charge in [-0.25, -0.2) is 4.79 Å². The standard InChI is InChI=1S/C31H38N4O3/c32-21-7-12-29(30(36)33-26-15-13-25(14-16-26)24-10-5-2-6-11-24)35-31(37)34-27-17-19-28(20-18-27)38-22-23-8-3-1-4-9-23/h1,3-4,8-9,13-20,24,29H,2,5-7,10-12,21-22,32H2,(H,33,36)(H2,34,35,37)/t29-/m1/s1. The van der Waals surface area contributed by atoms with Gasteiger partial charge >= 0.3 is 6.03 Å². The molecule has 3 amide bonds. The van der Waals surface area contributed by atoms with Gasteiger partial charge in [0.25, 0.3) is 0 Å². The zero-order chi connectivity index (χ0) is 26.6. The lowest BCUT2D eigenvalue weighted by atomic mass is 9.84. The number of benzene rings is 3. The van der Waals surface area contributed by atoms with Gasteiger partial charge in [-0.3, -0.25) is 4.79 Å². The minimum atomic E-state index is -0.704. The van der Waals surface area contributed by atoms with Crippen LogP contribution in [-0.4, -0.2) is 24.5 Å². The second kappa shape index (κ2) is 14.2. The summed E-state index contributed by atoms with van der Waals surface area (Å²) in [5, 5.41) is 8.54. The Labute approximate surface area is 225 Å². The molecule has 200 valence electrons. The van der Waals surface area contributed by atoms with Crippen molar-refractivity contribution in [3.63, 3.8) is 0 Å². The third kappa shape index (κ3) is 8.35. The number of nitrogens with one attached hydrogen (secondary N) is 3. The van der Waals surface area contributed by atoms with Gasteiger partial charge in [-0.15, -0.1) is 0 Å². The van der Waals surface area contributed by atoms with Crippen LogP contribution >= 0.6 is 0 Å². The Morgan fingerprint density at radius 2 is 1.50 bits per heavy atom. The van der Waals surface area contributed by atoms with Crippen molar-refractivity contribution >= 4 is 23.3 Å². The summed E-state index contributed by atoms with van der Waals surface area (Å²) in [6.45, 7) is 0.906. The van der Waals surface area contributed by atoms with E-state index in [2.05, 4.69) is 28.1 Å². The largest absolute Gasteiger partial charge is 0.489 e. The molecule has 1 fully saturated rings. The summed E-state index contributed by atoms with van der Waals surface area (Å²) in [4.78, 5) is 25.7. The summed E-state index contributed by atoms with van der Waals surface area (Å²) in [5.41, 5.74) is 9.41. The third-order valence-electron chi connectivity index (χ3n) is 6.93. The second-order valence-corrected chi connectivity index (χ2v) is 9.83. The molecular weight excluding hydrogens is 476 g/mol. The van der Waals surface area contributed by atoms with E-state index < -0.39 is 12.1 Å². The van der Waals surface area contributed by atoms with Gasteiger partial charge in [-0.2, -0.15) is 0 Å². The monoisotopic (exact) mass is 514 g/mol. The van der Waals surface area contributed by atoms with Crippen molar-refractivity contribution in [1.29, 1.82) is 0 Å². The highest BCUT2D eigenvalue weighted by Gasteiger charge is 2.21. The van der Waals surface area contributed by atoms with Crippen molar-refractivity contribution in [3.8, 4) is 5.75 Å². The molecular formula is C31H38N4O3. The molecule has 0 radical (unpaired) electrons. The lowest BCUT2D eigenvalue weighted by molar-refractivity contribution is -0.118. The van der Waals surface area contributed by atoms with Crippen molar-refractivity contribution in [2.24, 2.45) is 5.73 Å². The number of amides is 3. The first-order chi connectivity index (χ1) is 18.6. The second-order valence-electron chi connectivity index (χ2n) is 9.83. The van der Waals surface area contributed by atoms with E-state index in [1.165, 1.54) is 37.7 Å². The zero-order valence-electron chi connectivity index (χ0n) is 21.8. The molecule has 7 nitrogen and oxygen atoms in total. The molecule has 0 spiro atoms. The lowest BCUT2D eigenvalue weighted by Crippen LogP contribution is -2.45. The van der Waals surface area contributed by atoms with E-state index in [0.717, 1.165) is 11.3 Å². The van der Waals surface area contributed by atoms with Crippen LogP contribution in [0, 0.1) is 0 Å². The Morgan fingerprint density at radius 1 is 0.842 bits per heavy atom. The summed E-state index contributed by atoms with van der Waals surface area (Å²) in [5.74, 6) is 1.05. The maximum atomic E-state index is 13.0. The number of hydrogen-bond donors (Lipinski definition) is 4. The average Bonchev–Trinajstić information content (AvgIpc) is 2.96. The summed E-state index contributed by atoms with van der Waals surface area (Å²) < 4.78 is 5.80. The minimum absolute atomic E-state index is 0.260. The summed E-state index contributed by atoms with van der Waals surface area (Å²) >= 11 is 0. The highest BCUT2D eigenvalue weighted by molar-refractivity contribution is 5.99. The summed E-state index contributed by atoms with van der Waals surface area (Å²) in [7, 11) is 0. The number of ether oxygens (including phenoxy) is 1. The molecule has 1 saturated carbocycles. The van der Waals surface area contributed by atoms with Crippen molar-refractivity contribution in [2.45, 2.75) is 63.5 Å². The van der Waals surface area contributed by atoms with Crippen molar-refractivity contribution in [1.82, 2.24) is 5.32 Å². The maximum Gasteiger partial charge on any atom is 0.319 e. The molecule has 0 saturated heterocycles. The minimum Gasteiger partial charge on any atom is -0.489 e. The van der Waals surface area contributed by atoms with Crippen LogP contribution in [-0.2, 0) is 11.4 Å². The summed E-state index contributed by atoms with van der Waals surface area (Å²) in [6.07, 6.45) is 7.42. The first-order valence-corrected chi connectivity index (χ1v) is 13.6. The Balaban J connectivity index is 1.28. The number of carbonyl (C=O) groups excluding carboxylic acids is 2. The van der Waals surface area contributed by atoms with E-state index in [1.54, 1.807) is 24.3 Å². The van der Waals surface area contributed by atoms with Gasteiger partial charge in [0.15, 0.2) is 0 Å². The lowest BCUT2D eigenvalue weighted by Gasteiger charge is -2.22. The predicted octanol–water partition coefficient (Wildman–Crippen LogP) is 6.18. The Bertz CT molecular complexity index is 1140. The molecule has 7 heteroatoms. The van der Waals surface area contributed by atoms with Gasteiger partial charge in [0, 0.05) is 11.4 Å². The van der Waals surface area contributed by atoms with Crippen LogP contribution in [0.25, 0.3) is 0 Å². The SMILES string of the molecule is NCCC[C@@H](NC(=O)Nc1ccc(OCc2ccccc2)cc1)C(=O)Nc1ccc(C2CCCCC2)cc1. The zero-order valence-corrected chi connectivity index (χ0v) is 21.8. The van der Waals surface area contributed by atoms with E-state index in [4.69, 9.17) is 10.5 Å². The molecule has 1 atom stereocenters. The first kappa shape index (κ1) is 27.2. The van der Waals surface area contributed by atoms with Crippen molar-refractivity contribution < 1.29 is 14.3 Å². The molecule has 0 heterocycles. The molecule has 1 aliphatic rings. The molecule has 38 heavy (non-hydrogen) atoms. The fourth-order valence-corrected chi connectivity index (χ4v) is 4.80. The van der Waals surface area contributed by atoms with Crippen LogP contribution in [0.5, 0.6) is 5.75 Å². The number of carbonyl (C=O) groups is 2. The molecule has 1 aliphatic carbocycles. The van der Waals surface area contributed by atoms with E-state index in [1.807, 2.05) is 42.5 Å². The van der Waals surface area contributed by atoms with Gasteiger partial charge in [-0.1, -0.05) is 61.7 Å². The first-order valence-electron chi connectivity index (χ1n) is 13.6. The fraction of sp³-hybridized carbons (Fsp3) is 0.355. The van der Waals surface area contributed by atoms with E-state index >= 15 is 0 Å². The molecule has 0 bridgehead atoms. The number of urea groups is 1. The van der Waals surface area contributed by atoms with Crippen LogP contribution in [0.3, 0.4) is 0 Å². The van der Waals surface area contributed by atoms with Gasteiger partial charge in [-0.05, 0) is 85.7 Å². The normalized spacial score (nSPS) is 14.3. The fourth-order valence-electron chi connectivity index (χ4n) is 4.80. The van der Waals surface area contributed by atoms with Gasteiger partial charge in [0.2, 0.25) is 5.91 Å². The van der Waals surface area contributed by atoms with Crippen molar-refractivity contribution in [3.05, 3.63) is 90.0 Å². The Hall–Kier alpha value is -3.84. The molecule has 0 unspecified atom stereocenters. The van der Waals surface area contributed by atoms with Gasteiger partial charge < -0.3 is 26.4 Å².